The average molecular weight is 344 g/mol. The van der Waals surface area contributed by atoms with Gasteiger partial charge in [0.15, 0.2) is 0 Å². The van der Waals surface area contributed by atoms with E-state index in [0.29, 0.717) is 25.5 Å². The molecule has 0 bridgehead atoms. The highest BCUT2D eigenvalue weighted by atomic mass is 16.5. The summed E-state index contributed by atoms with van der Waals surface area (Å²) in [6.07, 6.45) is 4.94. The van der Waals surface area contributed by atoms with E-state index in [-0.39, 0.29) is 11.8 Å². The second-order valence-corrected chi connectivity index (χ2v) is 7.16. The van der Waals surface area contributed by atoms with Crippen LogP contribution in [0, 0.1) is 5.92 Å². The van der Waals surface area contributed by atoms with Gasteiger partial charge in [0.05, 0.1) is 6.61 Å². The highest BCUT2D eigenvalue weighted by Gasteiger charge is 2.29. The van der Waals surface area contributed by atoms with E-state index in [1.165, 1.54) is 12.0 Å². The van der Waals surface area contributed by atoms with Gasteiger partial charge in [-0.05, 0) is 49.3 Å². The topological polar surface area (TPSA) is 49.9 Å². The highest BCUT2D eigenvalue weighted by Crippen LogP contribution is 2.22. The number of nitrogens with zero attached hydrogens (tertiary/aromatic N) is 2. The molecule has 1 aromatic rings. The Hall–Kier alpha value is -1.88. The maximum absolute atomic E-state index is 12.5. The summed E-state index contributed by atoms with van der Waals surface area (Å²) in [6.45, 7) is 3.82. The number of hydrogen-bond donors (Lipinski definition) is 0. The Kier molecular flexibility index (Phi) is 6.08. The van der Waals surface area contributed by atoms with E-state index < -0.39 is 0 Å². The molecule has 2 aliphatic rings. The molecule has 5 nitrogen and oxygen atoms in total. The molecule has 0 aromatic heterocycles. The molecule has 3 rings (SSSR count). The quantitative estimate of drug-likeness (QED) is 0.796. The predicted molar refractivity (Wildman–Crippen MR) is 96.5 cm³/mol. The monoisotopic (exact) mass is 344 g/mol. The first kappa shape index (κ1) is 17.9. The lowest BCUT2D eigenvalue weighted by Gasteiger charge is -2.26. The fraction of sp³-hybridized carbons (Fsp3) is 0.600. The molecule has 2 saturated heterocycles. The summed E-state index contributed by atoms with van der Waals surface area (Å²) in [7, 11) is 1.66. The van der Waals surface area contributed by atoms with Crippen LogP contribution in [0.2, 0.25) is 0 Å². The zero-order chi connectivity index (χ0) is 17.6. The second-order valence-electron chi connectivity index (χ2n) is 7.16. The minimum atomic E-state index is 0.146. The Morgan fingerprint density at radius 1 is 1.16 bits per heavy atom. The predicted octanol–water partition coefficient (Wildman–Crippen LogP) is 2.35. The van der Waals surface area contributed by atoms with Crippen molar-refractivity contribution in [2.24, 2.45) is 5.92 Å². The number of carbonyl (C=O) groups excluding carboxylic acids is 2. The van der Waals surface area contributed by atoms with Gasteiger partial charge >= 0.3 is 0 Å². The lowest BCUT2D eigenvalue weighted by atomic mass is 9.97. The summed E-state index contributed by atoms with van der Waals surface area (Å²) in [6, 6.07) is 7.95. The van der Waals surface area contributed by atoms with Crippen molar-refractivity contribution in [2.75, 3.05) is 39.9 Å². The Morgan fingerprint density at radius 3 is 2.56 bits per heavy atom. The normalized spacial score (nSPS) is 21.0. The zero-order valence-corrected chi connectivity index (χ0v) is 15.1. The van der Waals surface area contributed by atoms with Crippen LogP contribution in [0.3, 0.4) is 0 Å². The molecule has 2 fully saturated rings. The molecule has 0 unspecified atom stereocenters. The van der Waals surface area contributed by atoms with Gasteiger partial charge in [0, 0.05) is 45.3 Å². The molecule has 136 valence electrons. The second kappa shape index (κ2) is 8.48. The number of carbonyl (C=O) groups is 2. The number of likely N-dealkylation sites (tertiary alicyclic amines) is 2. The number of methoxy groups -OCH3 is 1. The van der Waals surface area contributed by atoms with Crippen molar-refractivity contribution >= 4 is 11.8 Å². The Bertz CT molecular complexity index is 593. The van der Waals surface area contributed by atoms with Crippen LogP contribution in [-0.4, -0.2) is 61.5 Å². The SMILES string of the molecule is COCCN1C[C@H](Cc2ccc(C(=O)N3CCCCC3)cc2)CC1=O. The lowest BCUT2D eigenvalue weighted by Crippen LogP contribution is -2.35. The van der Waals surface area contributed by atoms with Gasteiger partial charge in [-0.25, -0.2) is 0 Å². The van der Waals surface area contributed by atoms with Crippen molar-refractivity contribution in [3.8, 4) is 0 Å². The van der Waals surface area contributed by atoms with Crippen LogP contribution in [-0.2, 0) is 16.0 Å². The van der Waals surface area contributed by atoms with Gasteiger partial charge in [-0.1, -0.05) is 12.1 Å². The van der Waals surface area contributed by atoms with Gasteiger partial charge in [0.25, 0.3) is 5.91 Å². The Balaban J connectivity index is 1.54. The minimum Gasteiger partial charge on any atom is -0.383 e. The molecule has 5 heteroatoms. The van der Waals surface area contributed by atoms with E-state index >= 15 is 0 Å². The molecule has 2 heterocycles. The molecule has 0 saturated carbocycles. The fourth-order valence-electron chi connectivity index (χ4n) is 3.80. The molecular weight excluding hydrogens is 316 g/mol. The van der Waals surface area contributed by atoms with E-state index in [4.69, 9.17) is 4.74 Å². The first-order chi connectivity index (χ1) is 12.2. The number of amides is 2. The van der Waals surface area contributed by atoms with Crippen LogP contribution < -0.4 is 0 Å². The van der Waals surface area contributed by atoms with Crippen molar-refractivity contribution < 1.29 is 14.3 Å². The van der Waals surface area contributed by atoms with Gasteiger partial charge in [-0.2, -0.15) is 0 Å². The first-order valence-electron chi connectivity index (χ1n) is 9.32. The molecule has 0 radical (unpaired) electrons. The first-order valence-corrected chi connectivity index (χ1v) is 9.32. The standard InChI is InChI=1S/C20H28N2O3/c1-25-12-11-22-15-17(14-19(22)23)13-16-5-7-18(8-6-16)20(24)21-9-3-2-4-10-21/h5-8,17H,2-4,9-15H2,1H3/t17-/m1/s1. The van der Waals surface area contributed by atoms with Crippen molar-refractivity contribution in [1.29, 1.82) is 0 Å². The van der Waals surface area contributed by atoms with Crippen LogP contribution >= 0.6 is 0 Å². The molecule has 2 amide bonds. The third-order valence-electron chi connectivity index (χ3n) is 5.23. The largest absolute Gasteiger partial charge is 0.383 e. The number of rotatable bonds is 6. The molecule has 0 N–H and O–H groups in total. The molecule has 1 aromatic carbocycles. The third kappa shape index (κ3) is 4.60. The maximum Gasteiger partial charge on any atom is 0.253 e. The summed E-state index contributed by atoms with van der Waals surface area (Å²) in [4.78, 5) is 28.4. The molecule has 25 heavy (non-hydrogen) atoms. The van der Waals surface area contributed by atoms with Crippen LogP contribution in [0.15, 0.2) is 24.3 Å². The average Bonchev–Trinajstić information content (AvgIpc) is 3.00. The molecular formula is C20H28N2O3. The van der Waals surface area contributed by atoms with Crippen molar-refractivity contribution in [1.82, 2.24) is 9.80 Å². The van der Waals surface area contributed by atoms with Crippen LogP contribution in [0.1, 0.15) is 41.6 Å². The number of benzene rings is 1. The highest BCUT2D eigenvalue weighted by molar-refractivity contribution is 5.94. The van der Waals surface area contributed by atoms with Gasteiger partial charge in [-0.15, -0.1) is 0 Å². The summed E-state index contributed by atoms with van der Waals surface area (Å²) < 4.78 is 5.06. The zero-order valence-electron chi connectivity index (χ0n) is 15.1. The summed E-state index contributed by atoms with van der Waals surface area (Å²) in [5.74, 6) is 0.722. The van der Waals surface area contributed by atoms with Gasteiger partial charge in [0.1, 0.15) is 0 Å². The van der Waals surface area contributed by atoms with Crippen LogP contribution in [0.4, 0.5) is 0 Å². The molecule has 2 aliphatic heterocycles. The number of ether oxygens (including phenoxy) is 1. The molecule has 0 aliphatic carbocycles. The van der Waals surface area contributed by atoms with E-state index in [9.17, 15) is 9.59 Å². The van der Waals surface area contributed by atoms with E-state index in [2.05, 4.69) is 0 Å². The summed E-state index contributed by atoms with van der Waals surface area (Å²) in [5, 5.41) is 0. The van der Waals surface area contributed by atoms with Crippen molar-refractivity contribution in [2.45, 2.75) is 32.1 Å². The Morgan fingerprint density at radius 2 is 1.88 bits per heavy atom. The summed E-state index contributed by atoms with van der Waals surface area (Å²) in [5.41, 5.74) is 1.97. The maximum atomic E-state index is 12.5. The minimum absolute atomic E-state index is 0.146. The number of hydrogen-bond acceptors (Lipinski definition) is 3. The molecule has 0 spiro atoms. The lowest BCUT2D eigenvalue weighted by molar-refractivity contribution is -0.128. The summed E-state index contributed by atoms with van der Waals surface area (Å²) >= 11 is 0. The van der Waals surface area contributed by atoms with Gasteiger partial charge in [0.2, 0.25) is 5.91 Å². The van der Waals surface area contributed by atoms with Gasteiger partial charge in [-0.3, -0.25) is 9.59 Å². The fourth-order valence-corrected chi connectivity index (χ4v) is 3.80. The van der Waals surface area contributed by atoms with E-state index in [1.807, 2.05) is 34.1 Å². The van der Waals surface area contributed by atoms with Crippen molar-refractivity contribution in [3.05, 3.63) is 35.4 Å². The molecule has 1 atom stereocenters. The number of piperidine rings is 1. The van der Waals surface area contributed by atoms with E-state index in [1.54, 1.807) is 7.11 Å². The Labute approximate surface area is 149 Å². The van der Waals surface area contributed by atoms with E-state index in [0.717, 1.165) is 44.5 Å². The van der Waals surface area contributed by atoms with Crippen molar-refractivity contribution in [3.63, 3.8) is 0 Å². The van der Waals surface area contributed by atoms with Crippen LogP contribution in [0.5, 0.6) is 0 Å². The van der Waals surface area contributed by atoms with Crippen LogP contribution in [0.25, 0.3) is 0 Å². The van der Waals surface area contributed by atoms with Gasteiger partial charge < -0.3 is 14.5 Å². The third-order valence-corrected chi connectivity index (χ3v) is 5.23. The smallest absolute Gasteiger partial charge is 0.253 e.